The molecule has 0 aliphatic carbocycles. The molecule has 0 saturated heterocycles. The number of H-pyrrole nitrogens is 1. The second kappa shape index (κ2) is 3.12. The highest BCUT2D eigenvalue weighted by Gasteiger charge is 2.06. The number of Topliss-reactive ketones (excluding diaryl/α,β-unsaturated/α-hetero) is 1. The molecule has 5 nitrogen and oxygen atoms in total. The Balaban J connectivity index is 2.61. The molecule has 0 aliphatic rings. The molecule has 0 bridgehead atoms. The molecule has 0 saturated carbocycles. The van der Waals surface area contributed by atoms with E-state index in [1.807, 2.05) is 0 Å². The molecular weight excluding hydrogens is 184 g/mol. The summed E-state index contributed by atoms with van der Waals surface area (Å²) in [6.07, 6.45) is 0. The van der Waals surface area contributed by atoms with Crippen LogP contribution >= 0.6 is 0 Å². The first kappa shape index (κ1) is 8.71. The molecule has 1 heterocycles. The number of aromatic amines is 1. The molecule has 3 N–H and O–H groups in total. The summed E-state index contributed by atoms with van der Waals surface area (Å²) in [7, 11) is 0. The van der Waals surface area contributed by atoms with Crippen LogP contribution in [0.2, 0.25) is 0 Å². The number of fused-ring (bicyclic) bond motifs is 1. The molecule has 0 amide bonds. The lowest BCUT2D eigenvalue weighted by Gasteiger charge is -1.95. The summed E-state index contributed by atoms with van der Waals surface area (Å²) in [6, 6.07) is 4.72. The SMILES string of the molecule is NCC(=O)c1ccc2[nH]c(=O)oc2c1. The van der Waals surface area contributed by atoms with Gasteiger partial charge in [-0.1, -0.05) is 0 Å². The van der Waals surface area contributed by atoms with Gasteiger partial charge in [-0.05, 0) is 18.2 Å². The lowest BCUT2D eigenvalue weighted by molar-refractivity contribution is 0.100. The van der Waals surface area contributed by atoms with E-state index in [4.69, 9.17) is 10.2 Å². The zero-order chi connectivity index (χ0) is 10.1. The average molecular weight is 192 g/mol. The molecule has 0 radical (unpaired) electrons. The number of nitrogens with one attached hydrogen (secondary N) is 1. The zero-order valence-electron chi connectivity index (χ0n) is 7.24. The van der Waals surface area contributed by atoms with Crippen molar-refractivity contribution in [3.05, 3.63) is 34.3 Å². The summed E-state index contributed by atoms with van der Waals surface area (Å²) in [5.74, 6) is -0.715. The summed E-state index contributed by atoms with van der Waals surface area (Å²) < 4.78 is 4.80. The van der Waals surface area contributed by atoms with Gasteiger partial charge in [0, 0.05) is 5.56 Å². The number of oxazole rings is 1. The van der Waals surface area contributed by atoms with Crippen molar-refractivity contribution < 1.29 is 9.21 Å². The summed E-state index contributed by atoms with van der Waals surface area (Å²) in [6.45, 7) is -0.0554. The average Bonchev–Trinajstić information content (AvgIpc) is 2.55. The Morgan fingerprint density at radius 2 is 2.29 bits per heavy atom. The summed E-state index contributed by atoms with van der Waals surface area (Å²) >= 11 is 0. The van der Waals surface area contributed by atoms with Crippen LogP contribution < -0.4 is 11.5 Å². The lowest BCUT2D eigenvalue weighted by Crippen LogP contribution is -2.13. The van der Waals surface area contributed by atoms with Crippen LogP contribution in [-0.2, 0) is 0 Å². The highest BCUT2D eigenvalue weighted by molar-refractivity contribution is 5.99. The normalized spacial score (nSPS) is 10.6. The van der Waals surface area contributed by atoms with Crippen LogP contribution in [0.3, 0.4) is 0 Å². The number of carbonyl (C=O) groups excluding carboxylic acids is 1. The van der Waals surface area contributed by atoms with Gasteiger partial charge in [-0.25, -0.2) is 4.79 Å². The van der Waals surface area contributed by atoms with Crippen molar-refractivity contribution in [3.63, 3.8) is 0 Å². The van der Waals surface area contributed by atoms with E-state index in [-0.39, 0.29) is 12.3 Å². The van der Waals surface area contributed by atoms with Crippen molar-refractivity contribution >= 4 is 16.9 Å². The van der Waals surface area contributed by atoms with Gasteiger partial charge in [0.1, 0.15) is 0 Å². The summed E-state index contributed by atoms with van der Waals surface area (Å²) in [5, 5.41) is 0. The molecule has 0 fully saturated rings. The van der Waals surface area contributed by atoms with E-state index >= 15 is 0 Å². The smallest absolute Gasteiger partial charge is 0.408 e. The third-order valence-corrected chi connectivity index (χ3v) is 1.93. The first-order chi connectivity index (χ1) is 6.70. The maximum absolute atomic E-state index is 11.2. The first-order valence-corrected chi connectivity index (χ1v) is 4.07. The van der Waals surface area contributed by atoms with Gasteiger partial charge >= 0.3 is 5.76 Å². The van der Waals surface area contributed by atoms with Crippen molar-refractivity contribution in [3.8, 4) is 0 Å². The molecule has 72 valence electrons. The number of nitrogens with two attached hydrogens (primary N) is 1. The lowest BCUT2D eigenvalue weighted by atomic mass is 10.1. The van der Waals surface area contributed by atoms with Crippen molar-refractivity contribution in [2.75, 3.05) is 6.54 Å². The molecule has 0 aliphatic heterocycles. The number of hydrogen-bond donors (Lipinski definition) is 2. The Morgan fingerprint density at radius 3 is 3.00 bits per heavy atom. The van der Waals surface area contributed by atoms with Crippen molar-refractivity contribution in [1.82, 2.24) is 4.98 Å². The Labute approximate surface area is 78.5 Å². The minimum atomic E-state index is -0.530. The maximum atomic E-state index is 11.2. The molecule has 14 heavy (non-hydrogen) atoms. The van der Waals surface area contributed by atoms with Gasteiger partial charge in [0.15, 0.2) is 11.4 Å². The fourth-order valence-corrected chi connectivity index (χ4v) is 1.24. The molecule has 1 aromatic carbocycles. The number of ketones is 1. The van der Waals surface area contributed by atoms with Crippen LogP contribution in [0.15, 0.2) is 27.4 Å². The van der Waals surface area contributed by atoms with E-state index < -0.39 is 5.76 Å². The van der Waals surface area contributed by atoms with Gasteiger partial charge in [0.25, 0.3) is 0 Å². The molecule has 0 atom stereocenters. The van der Waals surface area contributed by atoms with Crippen LogP contribution in [0.4, 0.5) is 0 Å². The van der Waals surface area contributed by atoms with Gasteiger partial charge in [-0.3, -0.25) is 9.78 Å². The monoisotopic (exact) mass is 192 g/mol. The molecule has 2 aromatic rings. The van der Waals surface area contributed by atoms with E-state index in [9.17, 15) is 9.59 Å². The number of hydrogen-bond acceptors (Lipinski definition) is 4. The minimum absolute atomic E-state index is 0.0554. The highest BCUT2D eigenvalue weighted by Crippen LogP contribution is 2.12. The predicted octanol–water partition coefficient (Wildman–Crippen LogP) is 0.263. The quantitative estimate of drug-likeness (QED) is 0.668. The fraction of sp³-hybridized carbons (Fsp3) is 0.111. The van der Waals surface area contributed by atoms with Gasteiger partial charge in [0.2, 0.25) is 0 Å². The van der Waals surface area contributed by atoms with E-state index in [0.29, 0.717) is 16.7 Å². The van der Waals surface area contributed by atoms with Crippen molar-refractivity contribution in [1.29, 1.82) is 0 Å². The van der Waals surface area contributed by atoms with Gasteiger partial charge in [-0.15, -0.1) is 0 Å². The third-order valence-electron chi connectivity index (χ3n) is 1.93. The molecule has 0 spiro atoms. The molecule has 5 heteroatoms. The second-order valence-electron chi connectivity index (χ2n) is 2.85. The van der Waals surface area contributed by atoms with E-state index in [0.717, 1.165) is 0 Å². The first-order valence-electron chi connectivity index (χ1n) is 4.07. The van der Waals surface area contributed by atoms with Crippen LogP contribution in [0, 0.1) is 0 Å². The molecule has 1 aromatic heterocycles. The van der Waals surface area contributed by atoms with Gasteiger partial charge in [-0.2, -0.15) is 0 Å². The van der Waals surface area contributed by atoms with Gasteiger partial charge in [0.05, 0.1) is 12.1 Å². The molecular formula is C9H8N2O3. The second-order valence-corrected chi connectivity index (χ2v) is 2.85. The number of carbonyl (C=O) groups is 1. The van der Waals surface area contributed by atoms with Crippen molar-refractivity contribution in [2.24, 2.45) is 5.73 Å². The Hall–Kier alpha value is -1.88. The highest BCUT2D eigenvalue weighted by atomic mass is 16.4. The third kappa shape index (κ3) is 1.33. The topological polar surface area (TPSA) is 89.1 Å². The van der Waals surface area contributed by atoms with Gasteiger partial charge < -0.3 is 10.2 Å². The van der Waals surface area contributed by atoms with E-state index in [2.05, 4.69) is 4.98 Å². The standard InChI is InChI=1S/C9H8N2O3/c10-4-7(12)5-1-2-6-8(3-5)14-9(13)11-6/h1-3H,4,10H2,(H,11,13). The van der Waals surface area contributed by atoms with Crippen LogP contribution in [0.25, 0.3) is 11.1 Å². The maximum Gasteiger partial charge on any atom is 0.417 e. The summed E-state index contributed by atoms with van der Waals surface area (Å²) in [5.41, 5.74) is 6.59. The number of benzene rings is 1. The summed E-state index contributed by atoms with van der Waals surface area (Å²) in [4.78, 5) is 24.5. The largest absolute Gasteiger partial charge is 0.417 e. The Morgan fingerprint density at radius 1 is 1.50 bits per heavy atom. The molecule has 2 rings (SSSR count). The Bertz CT molecular complexity index is 538. The predicted molar refractivity (Wildman–Crippen MR) is 50.2 cm³/mol. The minimum Gasteiger partial charge on any atom is -0.408 e. The zero-order valence-corrected chi connectivity index (χ0v) is 7.24. The van der Waals surface area contributed by atoms with Crippen LogP contribution in [0.5, 0.6) is 0 Å². The number of rotatable bonds is 2. The van der Waals surface area contributed by atoms with Crippen LogP contribution in [-0.4, -0.2) is 17.3 Å². The van der Waals surface area contributed by atoms with Crippen LogP contribution in [0.1, 0.15) is 10.4 Å². The fourth-order valence-electron chi connectivity index (χ4n) is 1.24. The van der Waals surface area contributed by atoms with E-state index in [1.54, 1.807) is 12.1 Å². The van der Waals surface area contributed by atoms with Crippen molar-refractivity contribution in [2.45, 2.75) is 0 Å². The van der Waals surface area contributed by atoms with E-state index in [1.165, 1.54) is 6.07 Å². The Kier molecular flexibility index (Phi) is 1.94. The number of aromatic nitrogens is 1. The molecule has 0 unspecified atom stereocenters.